The number of para-hydroxylation sites is 1. The molecule has 0 radical (unpaired) electrons. The molecular formula is C23H16ClN3O4S. The minimum atomic E-state index is -0.465. The van der Waals surface area contributed by atoms with Crippen LogP contribution in [0.1, 0.15) is 20.8 Å². The van der Waals surface area contributed by atoms with Crippen molar-refractivity contribution >= 4 is 50.8 Å². The fourth-order valence-electron chi connectivity index (χ4n) is 2.93. The summed E-state index contributed by atoms with van der Waals surface area (Å²) in [5.41, 5.74) is 4.15. The summed E-state index contributed by atoms with van der Waals surface area (Å²) in [6.45, 7) is 0.363. The van der Waals surface area contributed by atoms with E-state index in [1.165, 1.54) is 29.7 Å². The maximum Gasteiger partial charge on any atom is 0.281 e. The van der Waals surface area contributed by atoms with Crippen molar-refractivity contribution in [1.82, 2.24) is 5.43 Å². The van der Waals surface area contributed by atoms with Crippen LogP contribution in [0.2, 0.25) is 5.02 Å². The number of amides is 1. The van der Waals surface area contributed by atoms with Gasteiger partial charge in [0, 0.05) is 32.8 Å². The van der Waals surface area contributed by atoms with Crippen LogP contribution in [0.3, 0.4) is 0 Å². The average Bonchev–Trinajstić information content (AvgIpc) is 3.23. The highest BCUT2D eigenvalue weighted by molar-refractivity contribution is 7.20. The fraction of sp³-hybridized carbons (Fsp3) is 0.0435. The van der Waals surface area contributed by atoms with Gasteiger partial charge in [0.1, 0.15) is 12.4 Å². The Kier molecular flexibility index (Phi) is 6.44. The number of rotatable bonds is 7. The van der Waals surface area contributed by atoms with Gasteiger partial charge in [-0.2, -0.15) is 5.10 Å². The van der Waals surface area contributed by atoms with Crippen LogP contribution in [0.4, 0.5) is 5.69 Å². The quantitative estimate of drug-likeness (QED) is 0.212. The molecule has 7 nitrogen and oxygen atoms in total. The van der Waals surface area contributed by atoms with Crippen molar-refractivity contribution in [2.45, 2.75) is 6.61 Å². The summed E-state index contributed by atoms with van der Waals surface area (Å²) in [4.78, 5) is 23.3. The van der Waals surface area contributed by atoms with E-state index in [1.54, 1.807) is 24.3 Å². The molecule has 0 saturated carbocycles. The van der Waals surface area contributed by atoms with Crippen molar-refractivity contribution in [3.63, 3.8) is 0 Å². The third kappa shape index (κ3) is 5.11. The van der Waals surface area contributed by atoms with Crippen LogP contribution < -0.4 is 10.2 Å². The van der Waals surface area contributed by atoms with Crippen molar-refractivity contribution in [2.75, 3.05) is 0 Å². The first kappa shape index (κ1) is 21.5. The molecule has 0 aliphatic heterocycles. The van der Waals surface area contributed by atoms with E-state index in [4.69, 9.17) is 16.3 Å². The molecule has 0 aliphatic rings. The zero-order chi connectivity index (χ0) is 22.5. The summed E-state index contributed by atoms with van der Waals surface area (Å²) >= 11 is 7.14. The Bertz CT molecular complexity index is 1320. The van der Waals surface area contributed by atoms with Crippen LogP contribution in [0.25, 0.3) is 10.1 Å². The number of hydrogen-bond donors (Lipinski definition) is 1. The van der Waals surface area contributed by atoms with E-state index >= 15 is 0 Å². The number of halogens is 1. The van der Waals surface area contributed by atoms with Crippen molar-refractivity contribution in [3.8, 4) is 5.75 Å². The first-order valence-electron chi connectivity index (χ1n) is 9.47. The third-order valence-corrected chi connectivity index (χ3v) is 5.90. The molecule has 0 saturated heterocycles. The molecule has 0 unspecified atom stereocenters. The number of hydrazone groups is 1. The van der Waals surface area contributed by atoms with E-state index in [2.05, 4.69) is 10.5 Å². The van der Waals surface area contributed by atoms with Gasteiger partial charge in [0.2, 0.25) is 0 Å². The molecule has 0 aliphatic carbocycles. The number of nitro groups is 1. The summed E-state index contributed by atoms with van der Waals surface area (Å²) in [5, 5.41) is 16.3. The summed E-state index contributed by atoms with van der Waals surface area (Å²) in [6, 6.07) is 20.8. The second-order valence-electron chi connectivity index (χ2n) is 6.74. The number of thiophene rings is 1. The van der Waals surface area contributed by atoms with E-state index in [1.807, 2.05) is 36.4 Å². The molecule has 160 valence electrons. The minimum Gasteiger partial charge on any atom is -0.488 e. The summed E-state index contributed by atoms with van der Waals surface area (Å²) in [7, 11) is 0. The standard InChI is InChI=1S/C23H16ClN3O4S/c24-18-7-5-15(6-8-18)14-31-20-4-2-1-3-16(20)13-25-26-23(28)22-12-17-11-19(27(29)30)9-10-21(17)32-22/h1-13H,14H2,(H,26,28)/b25-13-. The van der Waals surface area contributed by atoms with E-state index in [0.29, 0.717) is 33.2 Å². The minimum absolute atomic E-state index is 0.0181. The maximum absolute atomic E-state index is 12.5. The Labute approximate surface area is 192 Å². The molecule has 3 aromatic carbocycles. The van der Waals surface area contributed by atoms with E-state index in [-0.39, 0.29) is 5.69 Å². The highest BCUT2D eigenvalue weighted by Gasteiger charge is 2.13. The normalized spacial score (nSPS) is 11.0. The lowest BCUT2D eigenvalue weighted by Gasteiger charge is -2.09. The first-order valence-corrected chi connectivity index (χ1v) is 10.7. The molecule has 4 aromatic rings. The van der Waals surface area contributed by atoms with Gasteiger partial charge < -0.3 is 4.74 Å². The lowest BCUT2D eigenvalue weighted by Crippen LogP contribution is -2.16. The number of hydrogen-bond acceptors (Lipinski definition) is 6. The fourth-order valence-corrected chi connectivity index (χ4v) is 3.99. The van der Waals surface area contributed by atoms with E-state index < -0.39 is 10.8 Å². The lowest BCUT2D eigenvalue weighted by atomic mass is 10.2. The number of ether oxygens (including phenoxy) is 1. The lowest BCUT2D eigenvalue weighted by molar-refractivity contribution is -0.384. The summed E-state index contributed by atoms with van der Waals surface area (Å²) in [5.74, 6) is 0.222. The summed E-state index contributed by atoms with van der Waals surface area (Å²) < 4.78 is 6.66. The predicted molar refractivity (Wildman–Crippen MR) is 126 cm³/mol. The molecule has 0 spiro atoms. The molecule has 1 aromatic heterocycles. The molecule has 32 heavy (non-hydrogen) atoms. The van der Waals surface area contributed by atoms with Gasteiger partial charge in [-0.1, -0.05) is 35.9 Å². The van der Waals surface area contributed by atoms with Crippen molar-refractivity contribution in [2.24, 2.45) is 5.10 Å². The number of nitrogens with one attached hydrogen (secondary N) is 1. The Morgan fingerprint density at radius 1 is 1.12 bits per heavy atom. The number of non-ortho nitro benzene ring substituents is 1. The third-order valence-electron chi connectivity index (χ3n) is 4.53. The van der Waals surface area contributed by atoms with Gasteiger partial charge in [-0.15, -0.1) is 11.3 Å². The van der Waals surface area contributed by atoms with Crippen molar-refractivity contribution in [3.05, 3.63) is 104 Å². The number of fused-ring (bicyclic) bond motifs is 1. The molecule has 0 fully saturated rings. The van der Waals surface area contributed by atoms with Gasteiger partial charge in [0.25, 0.3) is 11.6 Å². The first-order chi connectivity index (χ1) is 15.5. The SMILES string of the molecule is O=C(N/N=C\c1ccccc1OCc1ccc(Cl)cc1)c1cc2cc([N+](=O)[O-])ccc2s1. The van der Waals surface area contributed by atoms with Crippen LogP contribution in [0.5, 0.6) is 5.75 Å². The van der Waals surface area contributed by atoms with E-state index in [0.717, 1.165) is 10.3 Å². The molecule has 1 N–H and O–H groups in total. The zero-order valence-corrected chi connectivity index (χ0v) is 18.1. The monoisotopic (exact) mass is 465 g/mol. The molecule has 9 heteroatoms. The number of carbonyl (C=O) groups is 1. The number of nitro benzene ring substituents is 1. The second-order valence-corrected chi connectivity index (χ2v) is 8.26. The smallest absolute Gasteiger partial charge is 0.281 e. The molecule has 1 amide bonds. The second kappa shape index (κ2) is 9.59. The molecule has 0 bridgehead atoms. The maximum atomic E-state index is 12.5. The number of nitrogens with zero attached hydrogens (tertiary/aromatic N) is 2. The Balaban J connectivity index is 1.42. The van der Waals surface area contributed by atoms with Crippen molar-refractivity contribution < 1.29 is 14.5 Å². The van der Waals surface area contributed by atoms with Crippen molar-refractivity contribution in [1.29, 1.82) is 0 Å². The Morgan fingerprint density at radius 3 is 2.69 bits per heavy atom. The van der Waals surface area contributed by atoms with E-state index in [9.17, 15) is 14.9 Å². The molecule has 0 atom stereocenters. The summed E-state index contributed by atoms with van der Waals surface area (Å²) in [6.07, 6.45) is 1.51. The predicted octanol–water partition coefficient (Wildman–Crippen LogP) is 5.81. The Hall–Kier alpha value is -3.75. The Morgan fingerprint density at radius 2 is 1.91 bits per heavy atom. The topological polar surface area (TPSA) is 93.8 Å². The van der Waals surface area contributed by atoms with Gasteiger partial charge in [0.15, 0.2) is 0 Å². The molecular weight excluding hydrogens is 450 g/mol. The van der Waals surface area contributed by atoms with Crippen LogP contribution in [-0.4, -0.2) is 17.0 Å². The number of carbonyl (C=O) groups excluding carboxylic acids is 1. The van der Waals surface area contributed by atoms with Gasteiger partial charge >= 0.3 is 0 Å². The average molecular weight is 466 g/mol. The van der Waals surface area contributed by atoms with Crippen LogP contribution in [0.15, 0.2) is 77.9 Å². The van der Waals surface area contributed by atoms with Gasteiger partial charge in [0.05, 0.1) is 16.0 Å². The van der Waals surface area contributed by atoms with Crippen LogP contribution >= 0.6 is 22.9 Å². The van der Waals surface area contributed by atoms with Gasteiger partial charge in [-0.05, 0) is 42.0 Å². The molecule has 4 rings (SSSR count). The number of benzene rings is 3. The zero-order valence-electron chi connectivity index (χ0n) is 16.5. The molecule has 1 heterocycles. The largest absolute Gasteiger partial charge is 0.488 e. The van der Waals surface area contributed by atoms with Crippen LogP contribution in [-0.2, 0) is 6.61 Å². The highest BCUT2D eigenvalue weighted by Crippen LogP contribution is 2.29. The van der Waals surface area contributed by atoms with Gasteiger partial charge in [-0.3, -0.25) is 14.9 Å². The van der Waals surface area contributed by atoms with Gasteiger partial charge in [-0.25, -0.2) is 5.43 Å². The highest BCUT2D eigenvalue weighted by atomic mass is 35.5. The van der Waals surface area contributed by atoms with Crippen LogP contribution in [0, 0.1) is 10.1 Å².